The van der Waals surface area contributed by atoms with Gasteiger partial charge >= 0.3 is 5.97 Å². The fourth-order valence-electron chi connectivity index (χ4n) is 2.67. The molecule has 0 radical (unpaired) electrons. The van der Waals surface area contributed by atoms with E-state index in [1.165, 1.54) is 22.9 Å². The summed E-state index contributed by atoms with van der Waals surface area (Å²) in [5.74, 6) is -0.444. The molecule has 1 aromatic rings. The largest absolute Gasteiger partial charge is 0.465 e. The van der Waals surface area contributed by atoms with Crippen LogP contribution in [0.3, 0.4) is 0 Å². The highest BCUT2D eigenvalue weighted by atomic mass is 32.2. The minimum Gasteiger partial charge on any atom is -0.465 e. The summed E-state index contributed by atoms with van der Waals surface area (Å²) in [6.07, 6.45) is 0. The minimum atomic E-state index is -3.65. The first-order valence-electron chi connectivity index (χ1n) is 7.60. The van der Waals surface area contributed by atoms with Gasteiger partial charge < -0.3 is 15.0 Å². The number of rotatable bonds is 4. The number of piperazine rings is 1. The van der Waals surface area contributed by atoms with Gasteiger partial charge in [0.25, 0.3) is 10.0 Å². The lowest BCUT2D eigenvalue weighted by atomic mass is 10.0. The average molecular weight is 373 g/mol. The summed E-state index contributed by atoms with van der Waals surface area (Å²) in [5, 5.41) is 4.54. The molecule has 0 aromatic carbocycles. The zero-order valence-corrected chi connectivity index (χ0v) is 14.9. The number of hydrogen-bond donors (Lipinski definition) is 1. The van der Waals surface area contributed by atoms with E-state index < -0.39 is 16.0 Å². The van der Waals surface area contributed by atoms with Crippen LogP contribution in [0.2, 0.25) is 0 Å². The molecule has 0 bridgehead atoms. The Balaban J connectivity index is 1.65. The molecular formula is C14H19N3O5S2. The smallest absolute Gasteiger partial charge is 0.338 e. The van der Waals surface area contributed by atoms with E-state index in [1.807, 2.05) is 0 Å². The number of nitrogens with one attached hydrogen (secondary N) is 1. The van der Waals surface area contributed by atoms with Gasteiger partial charge in [0.05, 0.1) is 18.6 Å². The molecule has 10 heteroatoms. The normalized spacial score (nSPS) is 19.8. The Kier molecular flexibility index (Phi) is 4.90. The molecule has 2 aliphatic rings. The Labute approximate surface area is 144 Å². The third-order valence-corrected chi connectivity index (χ3v) is 7.59. The zero-order chi connectivity index (χ0) is 17.3. The van der Waals surface area contributed by atoms with Crippen molar-refractivity contribution in [2.24, 2.45) is 5.92 Å². The minimum absolute atomic E-state index is 0.0214. The molecule has 0 unspecified atom stereocenters. The van der Waals surface area contributed by atoms with Crippen molar-refractivity contribution < 1.29 is 22.7 Å². The van der Waals surface area contributed by atoms with Crippen molar-refractivity contribution in [3.8, 4) is 0 Å². The topological polar surface area (TPSA) is 96.0 Å². The van der Waals surface area contributed by atoms with Gasteiger partial charge in [-0.05, 0) is 6.07 Å². The summed E-state index contributed by atoms with van der Waals surface area (Å²) in [6.45, 7) is 2.71. The van der Waals surface area contributed by atoms with Crippen molar-refractivity contribution in [2.45, 2.75) is 4.21 Å². The third kappa shape index (κ3) is 3.18. The SMILES string of the molecule is COC(=O)c1csc(S(=O)(=O)N2CCN(C(=O)C3CNC3)CC2)c1. The molecular weight excluding hydrogens is 354 g/mol. The zero-order valence-electron chi connectivity index (χ0n) is 13.2. The highest BCUT2D eigenvalue weighted by molar-refractivity contribution is 7.91. The third-order valence-electron chi connectivity index (χ3n) is 4.27. The van der Waals surface area contributed by atoms with Gasteiger partial charge in [-0.25, -0.2) is 13.2 Å². The number of ether oxygens (including phenoxy) is 1. The predicted octanol–water partition coefficient (Wildman–Crippen LogP) is -0.413. The van der Waals surface area contributed by atoms with Crippen LogP contribution in [0, 0.1) is 5.92 Å². The molecule has 132 valence electrons. The van der Waals surface area contributed by atoms with Gasteiger partial charge in [0.2, 0.25) is 5.91 Å². The second-order valence-corrected chi connectivity index (χ2v) is 8.81. The molecule has 2 saturated heterocycles. The molecule has 3 rings (SSSR count). The molecule has 24 heavy (non-hydrogen) atoms. The van der Waals surface area contributed by atoms with E-state index >= 15 is 0 Å². The number of hydrogen-bond acceptors (Lipinski definition) is 7. The molecule has 1 amide bonds. The van der Waals surface area contributed by atoms with E-state index in [0.29, 0.717) is 26.2 Å². The molecule has 1 aromatic heterocycles. The van der Waals surface area contributed by atoms with Crippen molar-refractivity contribution >= 4 is 33.2 Å². The Morgan fingerprint density at radius 2 is 1.92 bits per heavy atom. The number of thiophene rings is 1. The Morgan fingerprint density at radius 1 is 1.25 bits per heavy atom. The summed E-state index contributed by atoms with van der Waals surface area (Å²) in [7, 11) is -2.40. The molecule has 3 heterocycles. The van der Waals surface area contributed by atoms with Gasteiger partial charge in [-0.15, -0.1) is 11.3 Å². The lowest BCUT2D eigenvalue weighted by Crippen LogP contribution is -2.57. The number of methoxy groups -OCH3 is 1. The van der Waals surface area contributed by atoms with Crippen LogP contribution in [0.15, 0.2) is 15.7 Å². The maximum absolute atomic E-state index is 12.7. The summed E-state index contributed by atoms with van der Waals surface area (Å²) in [5.41, 5.74) is 0.229. The van der Waals surface area contributed by atoms with E-state index in [4.69, 9.17) is 0 Å². The average Bonchev–Trinajstić information content (AvgIpc) is 3.03. The summed E-state index contributed by atoms with van der Waals surface area (Å²) < 4.78 is 31.4. The Bertz CT molecular complexity index is 733. The fraction of sp³-hybridized carbons (Fsp3) is 0.571. The van der Waals surface area contributed by atoms with Crippen LogP contribution in [-0.2, 0) is 19.6 Å². The Morgan fingerprint density at radius 3 is 2.46 bits per heavy atom. The lowest BCUT2D eigenvalue weighted by molar-refractivity contribution is -0.138. The van der Waals surface area contributed by atoms with Crippen LogP contribution in [0.1, 0.15) is 10.4 Å². The first-order valence-corrected chi connectivity index (χ1v) is 9.92. The molecule has 0 saturated carbocycles. The van der Waals surface area contributed by atoms with Crippen molar-refractivity contribution in [1.29, 1.82) is 0 Å². The molecule has 0 atom stereocenters. The number of amides is 1. The maximum atomic E-state index is 12.7. The first-order chi connectivity index (χ1) is 11.4. The van der Waals surface area contributed by atoms with Gasteiger partial charge in [-0.1, -0.05) is 0 Å². The second kappa shape index (κ2) is 6.79. The van der Waals surface area contributed by atoms with E-state index in [2.05, 4.69) is 10.1 Å². The number of carbonyl (C=O) groups is 2. The van der Waals surface area contributed by atoms with E-state index in [9.17, 15) is 18.0 Å². The van der Waals surface area contributed by atoms with Gasteiger partial charge in [0, 0.05) is 44.6 Å². The number of sulfonamides is 1. The van der Waals surface area contributed by atoms with E-state index in [1.54, 1.807) is 4.90 Å². The number of esters is 1. The van der Waals surface area contributed by atoms with Gasteiger partial charge in [0.15, 0.2) is 0 Å². The quantitative estimate of drug-likeness (QED) is 0.721. The molecule has 8 nitrogen and oxygen atoms in total. The standard InChI is InChI=1S/C14H19N3O5S2/c1-22-14(19)10-6-12(23-9-10)24(20,21)17-4-2-16(3-5-17)13(18)11-7-15-8-11/h6,9,11,15H,2-5,7-8H2,1H3. The fourth-order valence-corrected chi connectivity index (χ4v) is 5.40. The number of carbonyl (C=O) groups excluding carboxylic acids is 2. The highest BCUT2D eigenvalue weighted by Crippen LogP contribution is 2.25. The van der Waals surface area contributed by atoms with Crippen LogP contribution in [-0.4, -0.2) is 75.9 Å². The molecule has 2 fully saturated rings. The predicted molar refractivity (Wildman–Crippen MR) is 87.4 cm³/mol. The van der Waals surface area contributed by atoms with E-state index in [-0.39, 0.29) is 34.7 Å². The van der Waals surface area contributed by atoms with Gasteiger partial charge in [0.1, 0.15) is 4.21 Å². The second-order valence-electron chi connectivity index (χ2n) is 5.73. The van der Waals surface area contributed by atoms with Crippen LogP contribution in [0.25, 0.3) is 0 Å². The number of nitrogens with zero attached hydrogens (tertiary/aromatic N) is 2. The molecule has 1 N–H and O–H groups in total. The summed E-state index contributed by atoms with van der Waals surface area (Å²) in [6, 6.07) is 1.34. The van der Waals surface area contributed by atoms with Crippen LogP contribution >= 0.6 is 11.3 Å². The van der Waals surface area contributed by atoms with Crippen LogP contribution in [0.5, 0.6) is 0 Å². The van der Waals surface area contributed by atoms with Crippen LogP contribution < -0.4 is 5.32 Å². The van der Waals surface area contributed by atoms with Crippen molar-refractivity contribution in [1.82, 2.24) is 14.5 Å². The summed E-state index contributed by atoms with van der Waals surface area (Å²) in [4.78, 5) is 25.4. The summed E-state index contributed by atoms with van der Waals surface area (Å²) >= 11 is 0.999. The molecule has 2 aliphatic heterocycles. The lowest BCUT2D eigenvalue weighted by Gasteiger charge is -2.37. The van der Waals surface area contributed by atoms with Crippen molar-refractivity contribution in [3.05, 3.63) is 17.0 Å². The van der Waals surface area contributed by atoms with Gasteiger partial charge in [-0.2, -0.15) is 4.31 Å². The molecule has 0 spiro atoms. The molecule has 0 aliphatic carbocycles. The maximum Gasteiger partial charge on any atom is 0.338 e. The van der Waals surface area contributed by atoms with Crippen LogP contribution in [0.4, 0.5) is 0 Å². The van der Waals surface area contributed by atoms with Crippen molar-refractivity contribution in [3.63, 3.8) is 0 Å². The monoisotopic (exact) mass is 373 g/mol. The van der Waals surface area contributed by atoms with Gasteiger partial charge in [-0.3, -0.25) is 4.79 Å². The van der Waals surface area contributed by atoms with Crippen molar-refractivity contribution in [2.75, 3.05) is 46.4 Å². The van der Waals surface area contributed by atoms with E-state index in [0.717, 1.165) is 11.3 Å². The Hall–Kier alpha value is -1.49. The highest BCUT2D eigenvalue weighted by Gasteiger charge is 2.35. The first kappa shape index (κ1) is 17.3.